The molecule has 0 saturated carbocycles. The van der Waals surface area contributed by atoms with Crippen LogP contribution in [0.15, 0.2) is 46.9 Å². The molecule has 0 radical (unpaired) electrons. The number of aromatic hydroxyl groups is 1. The predicted molar refractivity (Wildman–Crippen MR) is 78.0 cm³/mol. The number of carbonyl (C=O) groups excluding carboxylic acids is 1. The molecule has 0 heterocycles. The lowest BCUT2D eigenvalue weighted by atomic mass is 10.1. The fourth-order valence-electron chi connectivity index (χ4n) is 1.82. The molecular weight excluding hydrogens is 325 g/mol. The molecule has 0 bridgehead atoms. The van der Waals surface area contributed by atoms with Gasteiger partial charge in [0.05, 0.1) is 5.56 Å². The van der Waals surface area contributed by atoms with Gasteiger partial charge in [-0.15, -0.1) is 0 Å². The van der Waals surface area contributed by atoms with Crippen LogP contribution in [0.1, 0.15) is 15.9 Å². The summed E-state index contributed by atoms with van der Waals surface area (Å²) in [6.45, 7) is 0.377. The quantitative estimate of drug-likeness (QED) is 0.930. The Morgan fingerprint density at radius 1 is 1.25 bits per heavy atom. The number of phenols is 1. The Morgan fingerprint density at radius 2 is 1.90 bits per heavy atom. The van der Waals surface area contributed by atoms with Gasteiger partial charge in [-0.05, 0) is 35.9 Å². The van der Waals surface area contributed by atoms with E-state index in [4.69, 9.17) is 0 Å². The van der Waals surface area contributed by atoms with Crippen molar-refractivity contribution in [3.05, 3.63) is 63.9 Å². The minimum absolute atomic E-state index is 0.0374. The number of carbonyl (C=O) groups is 1. The van der Waals surface area contributed by atoms with Crippen molar-refractivity contribution in [1.82, 2.24) is 4.90 Å². The number of hydrogen-bond acceptors (Lipinski definition) is 2. The van der Waals surface area contributed by atoms with Gasteiger partial charge in [0, 0.05) is 18.1 Å². The number of benzene rings is 2. The second-order valence-corrected chi connectivity index (χ2v) is 5.36. The molecule has 2 aromatic carbocycles. The molecule has 1 N–H and O–H groups in total. The molecule has 0 aromatic heterocycles. The molecule has 0 saturated heterocycles. The monoisotopic (exact) mass is 337 g/mol. The predicted octanol–water partition coefficient (Wildman–Crippen LogP) is 3.57. The van der Waals surface area contributed by atoms with Crippen LogP contribution < -0.4 is 0 Å². The van der Waals surface area contributed by atoms with E-state index in [-0.39, 0.29) is 11.3 Å². The third-order valence-electron chi connectivity index (χ3n) is 2.87. The van der Waals surface area contributed by atoms with Gasteiger partial charge in [-0.1, -0.05) is 28.1 Å². The van der Waals surface area contributed by atoms with Crippen LogP contribution in [0.25, 0.3) is 0 Å². The Bertz CT molecular complexity index is 628. The molecular formula is C15H13BrFNO2. The van der Waals surface area contributed by atoms with E-state index in [1.54, 1.807) is 7.05 Å². The Balaban J connectivity index is 2.16. The third kappa shape index (κ3) is 3.36. The van der Waals surface area contributed by atoms with Gasteiger partial charge in [0.2, 0.25) is 0 Å². The molecule has 0 aliphatic carbocycles. The highest BCUT2D eigenvalue weighted by atomic mass is 79.9. The van der Waals surface area contributed by atoms with Gasteiger partial charge in [0.15, 0.2) is 0 Å². The molecule has 2 aromatic rings. The summed E-state index contributed by atoms with van der Waals surface area (Å²) >= 11 is 3.34. The number of nitrogens with zero attached hydrogens (tertiary/aromatic N) is 1. The van der Waals surface area contributed by atoms with Gasteiger partial charge in [-0.2, -0.15) is 0 Å². The first-order valence-corrected chi connectivity index (χ1v) is 6.75. The summed E-state index contributed by atoms with van der Waals surface area (Å²) in [5.74, 6) is -1.20. The van der Waals surface area contributed by atoms with Gasteiger partial charge in [0.1, 0.15) is 11.6 Å². The molecule has 20 heavy (non-hydrogen) atoms. The largest absolute Gasteiger partial charge is 0.507 e. The summed E-state index contributed by atoms with van der Waals surface area (Å²) in [5.41, 5.74) is 0.907. The minimum atomic E-state index is -0.553. The number of rotatable bonds is 3. The first kappa shape index (κ1) is 14.5. The van der Waals surface area contributed by atoms with Crippen LogP contribution >= 0.6 is 15.9 Å². The summed E-state index contributed by atoms with van der Waals surface area (Å²) in [4.78, 5) is 13.6. The maximum atomic E-state index is 13.2. The Hall–Kier alpha value is -1.88. The number of phenolic OH excluding ortho intramolecular Hbond substituents is 1. The number of amides is 1. The van der Waals surface area contributed by atoms with E-state index in [9.17, 15) is 14.3 Å². The average molecular weight is 338 g/mol. The standard InChI is InChI=1S/C15H13BrFNO2/c1-18(9-10-2-4-11(16)5-3-10)15(20)13-8-12(17)6-7-14(13)19/h2-8,19H,9H2,1H3. The highest BCUT2D eigenvalue weighted by molar-refractivity contribution is 9.10. The molecule has 5 heteroatoms. The van der Waals surface area contributed by atoms with Crippen molar-refractivity contribution in [2.24, 2.45) is 0 Å². The minimum Gasteiger partial charge on any atom is -0.507 e. The lowest BCUT2D eigenvalue weighted by Gasteiger charge is -2.18. The fraction of sp³-hybridized carbons (Fsp3) is 0.133. The van der Waals surface area contributed by atoms with Crippen molar-refractivity contribution in [2.75, 3.05) is 7.05 Å². The van der Waals surface area contributed by atoms with Crippen molar-refractivity contribution < 1.29 is 14.3 Å². The summed E-state index contributed by atoms with van der Waals surface area (Å²) in [5, 5.41) is 9.64. The molecule has 0 aliphatic rings. The van der Waals surface area contributed by atoms with Crippen molar-refractivity contribution in [3.63, 3.8) is 0 Å². The van der Waals surface area contributed by atoms with Crippen LogP contribution in [0.5, 0.6) is 5.75 Å². The fourth-order valence-corrected chi connectivity index (χ4v) is 2.08. The Labute approximate surface area is 124 Å². The van der Waals surface area contributed by atoms with Crippen LogP contribution in [0.3, 0.4) is 0 Å². The van der Waals surface area contributed by atoms with E-state index in [0.717, 1.165) is 22.2 Å². The van der Waals surface area contributed by atoms with Crippen LogP contribution in [0, 0.1) is 5.82 Å². The SMILES string of the molecule is CN(Cc1ccc(Br)cc1)C(=O)c1cc(F)ccc1O. The van der Waals surface area contributed by atoms with E-state index < -0.39 is 11.7 Å². The van der Waals surface area contributed by atoms with E-state index in [0.29, 0.717) is 6.54 Å². The van der Waals surface area contributed by atoms with E-state index in [1.165, 1.54) is 11.0 Å². The first-order valence-electron chi connectivity index (χ1n) is 5.96. The normalized spacial score (nSPS) is 10.3. The molecule has 0 fully saturated rings. The highest BCUT2D eigenvalue weighted by Crippen LogP contribution is 2.20. The third-order valence-corrected chi connectivity index (χ3v) is 3.40. The van der Waals surface area contributed by atoms with Crippen molar-refractivity contribution >= 4 is 21.8 Å². The van der Waals surface area contributed by atoms with Crippen LogP contribution in [-0.4, -0.2) is 23.0 Å². The topological polar surface area (TPSA) is 40.5 Å². The maximum Gasteiger partial charge on any atom is 0.257 e. The zero-order chi connectivity index (χ0) is 14.7. The molecule has 0 aliphatic heterocycles. The second kappa shape index (κ2) is 6.05. The van der Waals surface area contributed by atoms with Gasteiger partial charge in [0.25, 0.3) is 5.91 Å². The molecule has 104 valence electrons. The van der Waals surface area contributed by atoms with E-state index in [2.05, 4.69) is 15.9 Å². The summed E-state index contributed by atoms with van der Waals surface area (Å²) in [6.07, 6.45) is 0. The molecule has 0 unspecified atom stereocenters. The van der Waals surface area contributed by atoms with Crippen LogP contribution in [0.4, 0.5) is 4.39 Å². The second-order valence-electron chi connectivity index (χ2n) is 4.45. The average Bonchev–Trinajstić information content (AvgIpc) is 2.43. The molecule has 3 nitrogen and oxygen atoms in total. The van der Waals surface area contributed by atoms with Crippen molar-refractivity contribution in [3.8, 4) is 5.75 Å². The van der Waals surface area contributed by atoms with Crippen LogP contribution in [0.2, 0.25) is 0 Å². The number of halogens is 2. The van der Waals surface area contributed by atoms with Crippen LogP contribution in [-0.2, 0) is 6.54 Å². The summed E-state index contributed by atoms with van der Waals surface area (Å²) in [6, 6.07) is 10.9. The Morgan fingerprint density at radius 3 is 2.55 bits per heavy atom. The summed E-state index contributed by atoms with van der Waals surface area (Å²) < 4.78 is 14.1. The summed E-state index contributed by atoms with van der Waals surface area (Å²) in [7, 11) is 1.61. The highest BCUT2D eigenvalue weighted by Gasteiger charge is 2.16. The zero-order valence-electron chi connectivity index (χ0n) is 10.8. The number of hydrogen-bond donors (Lipinski definition) is 1. The van der Waals surface area contributed by atoms with Gasteiger partial charge < -0.3 is 10.0 Å². The van der Waals surface area contributed by atoms with Gasteiger partial charge >= 0.3 is 0 Å². The van der Waals surface area contributed by atoms with E-state index in [1.807, 2.05) is 24.3 Å². The lowest BCUT2D eigenvalue weighted by molar-refractivity contribution is 0.0781. The van der Waals surface area contributed by atoms with Crippen molar-refractivity contribution in [1.29, 1.82) is 0 Å². The lowest BCUT2D eigenvalue weighted by Crippen LogP contribution is -2.26. The smallest absolute Gasteiger partial charge is 0.257 e. The molecule has 0 atom stereocenters. The zero-order valence-corrected chi connectivity index (χ0v) is 12.4. The van der Waals surface area contributed by atoms with Gasteiger partial charge in [-0.25, -0.2) is 4.39 Å². The van der Waals surface area contributed by atoms with E-state index >= 15 is 0 Å². The van der Waals surface area contributed by atoms with Crippen molar-refractivity contribution in [2.45, 2.75) is 6.54 Å². The Kier molecular flexibility index (Phi) is 4.39. The molecule has 0 spiro atoms. The maximum absolute atomic E-state index is 13.2. The first-order chi connectivity index (χ1) is 9.47. The molecule has 2 rings (SSSR count). The molecule has 1 amide bonds. The van der Waals surface area contributed by atoms with Gasteiger partial charge in [-0.3, -0.25) is 4.79 Å².